The Morgan fingerprint density at radius 2 is 2.22 bits per heavy atom. The molecule has 2 N–H and O–H groups in total. The molecule has 0 radical (unpaired) electrons. The van der Waals surface area contributed by atoms with Crippen molar-refractivity contribution in [3.05, 3.63) is 29.5 Å². The van der Waals surface area contributed by atoms with E-state index in [0.717, 1.165) is 16.1 Å². The van der Waals surface area contributed by atoms with Crippen LogP contribution in [0.5, 0.6) is 0 Å². The van der Waals surface area contributed by atoms with Crippen LogP contribution in [0.3, 0.4) is 0 Å². The second kappa shape index (κ2) is 4.06. The SMILES string of the molecule is CC(C)c1nc2ncnn2c(N)c1-c1cccs1. The lowest BCUT2D eigenvalue weighted by atomic mass is 10.0. The van der Waals surface area contributed by atoms with Crippen molar-refractivity contribution in [1.29, 1.82) is 0 Å². The third-order valence-corrected chi connectivity index (χ3v) is 3.69. The molecule has 0 aliphatic carbocycles. The molecule has 0 aliphatic heterocycles. The molecule has 3 rings (SSSR count). The zero-order chi connectivity index (χ0) is 12.7. The molecule has 0 bridgehead atoms. The summed E-state index contributed by atoms with van der Waals surface area (Å²) in [6.07, 6.45) is 1.47. The molecule has 0 spiro atoms. The van der Waals surface area contributed by atoms with Gasteiger partial charge in [0.2, 0.25) is 0 Å². The maximum Gasteiger partial charge on any atom is 0.254 e. The lowest BCUT2D eigenvalue weighted by molar-refractivity contribution is 0.814. The first-order valence-corrected chi connectivity index (χ1v) is 6.59. The van der Waals surface area contributed by atoms with Gasteiger partial charge in [-0.3, -0.25) is 0 Å². The molecule has 3 aromatic rings. The number of fused-ring (bicyclic) bond motifs is 1. The van der Waals surface area contributed by atoms with E-state index < -0.39 is 0 Å². The van der Waals surface area contributed by atoms with Gasteiger partial charge in [0, 0.05) is 4.88 Å². The van der Waals surface area contributed by atoms with Gasteiger partial charge in [-0.1, -0.05) is 19.9 Å². The highest BCUT2D eigenvalue weighted by atomic mass is 32.1. The number of rotatable bonds is 2. The molecule has 18 heavy (non-hydrogen) atoms. The molecule has 0 atom stereocenters. The van der Waals surface area contributed by atoms with Gasteiger partial charge in [0.15, 0.2) is 0 Å². The van der Waals surface area contributed by atoms with Crippen molar-refractivity contribution in [2.75, 3.05) is 5.73 Å². The highest BCUT2D eigenvalue weighted by molar-refractivity contribution is 7.13. The Morgan fingerprint density at radius 1 is 1.39 bits per heavy atom. The molecule has 0 aromatic carbocycles. The molecule has 0 unspecified atom stereocenters. The van der Waals surface area contributed by atoms with Crippen LogP contribution in [0.25, 0.3) is 16.2 Å². The molecular formula is C12H13N5S. The second-order valence-corrected chi connectivity index (χ2v) is 5.31. The molecule has 3 heterocycles. The normalized spacial score (nSPS) is 11.5. The Labute approximate surface area is 108 Å². The van der Waals surface area contributed by atoms with E-state index in [0.29, 0.717) is 11.6 Å². The fraction of sp³-hybridized carbons (Fsp3) is 0.250. The van der Waals surface area contributed by atoms with Gasteiger partial charge < -0.3 is 5.73 Å². The Bertz CT molecular complexity index is 684. The number of hydrogen-bond donors (Lipinski definition) is 1. The maximum absolute atomic E-state index is 6.22. The summed E-state index contributed by atoms with van der Waals surface area (Å²) in [4.78, 5) is 9.79. The van der Waals surface area contributed by atoms with Crippen molar-refractivity contribution in [3.63, 3.8) is 0 Å². The monoisotopic (exact) mass is 259 g/mol. The van der Waals surface area contributed by atoms with Gasteiger partial charge in [0.1, 0.15) is 12.1 Å². The first kappa shape index (κ1) is 11.2. The van der Waals surface area contributed by atoms with Crippen LogP contribution in [0.1, 0.15) is 25.5 Å². The number of nitrogen functional groups attached to an aromatic ring is 1. The van der Waals surface area contributed by atoms with Gasteiger partial charge in [-0.2, -0.15) is 14.6 Å². The molecule has 6 heteroatoms. The van der Waals surface area contributed by atoms with E-state index in [4.69, 9.17) is 5.73 Å². The minimum Gasteiger partial charge on any atom is -0.383 e. The van der Waals surface area contributed by atoms with Crippen LogP contribution in [-0.2, 0) is 0 Å². The summed E-state index contributed by atoms with van der Waals surface area (Å²) < 4.78 is 1.58. The summed E-state index contributed by atoms with van der Waals surface area (Å²) in [6, 6.07) is 4.06. The third-order valence-electron chi connectivity index (χ3n) is 2.81. The van der Waals surface area contributed by atoms with E-state index in [9.17, 15) is 0 Å². The average Bonchev–Trinajstić information content (AvgIpc) is 2.98. The first-order chi connectivity index (χ1) is 8.68. The van der Waals surface area contributed by atoms with Crippen LogP contribution in [0, 0.1) is 0 Å². The molecule has 3 aromatic heterocycles. The summed E-state index contributed by atoms with van der Waals surface area (Å²) in [7, 11) is 0. The summed E-state index contributed by atoms with van der Waals surface area (Å²) >= 11 is 1.65. The number of nitrogens with zero attached hydrogens (tertiary/aromatic N) is 4. The van der Waals surface area contributed by atoms with Crippen molar-refractivity contribution >= 4 is 22.9 Å². The van der Waals surface area contributed by atoms with Gasteiger partial charge in [0.05, 0.1) is 11.3 Å². The molecule has 0 saturated carbocycles. The van der Waals surface area contributed by atoms with Crippen molar-refractivity contribution < 1.29 is 0 Å². The summed E-state index contributed by atoms with van der Waals surface area (Å²) in [5.41, 5.74) is 8.16. The molecular weight excluding hydrogens is 246 g/mol. The topological polar surface area (TPSA) is 69.1 Å². The van der Waals surface area contributed by atoms with Crippen LogP contribution in [0.4, 0.5) is 5.82 Å². The summed E-state index contributed by atoms with van der Waals surface area (Å²) in [5.74, 6) is 1.44. The van der Waals surface area contributed by atoms with Crippen LogP contribution >= 0.6 is 11.3 Å². The van der Waals surface area contributed by atoms with E-state index in [-0.39, 0.29) is 5.92 Å². The van der Waals surface area contributed by atoms with Crippen LogP contribution in [-0.4, -0.2) is 19.6 Å². The number of anilines is 1. The van der Waals surface area contributed by atoms with Crippen molar-refractivity contribution in [1.82, 2.24) is 19.6 Å². The number of nitrogens with two attached hydrogens (primary N) is 1. The Kier molecular flexibility index (Phi) is 2.52. The van der Waals surface area contributed by atoms with Gasteiger partial charge in [-0.15, -0.1) is 11.3 Å². The van der Waals surface area contributed by atoms with Crippen molar-refractivity contribution in [2.24, 2.45) is 0 Å². The van der Waals surface area contributed by atoms with Gasteiger partial charge in [-0.05, 0) is 17.4 Å². The maximum atomic E-state index is 6.22. The van der Waals surface area contributed by atoms with E-state index in [1.165, 1.54) is 6.33 Å². The van der Waals surface area contributed by atoms with Crippen LogP contribution in [0.2, 0.25) is 0 Å². The Hall–Kier alpha value is -1.95. The Balaban J connectivity index is 2.39. The number of thiophene rings is 1. The standard InChI is InChI=1S/C12H13N5S/c1-7(2)10-9(8-4-3-5-18-8)11(13)17-12(16-10)14-6-15-17/h3-7H,13H2,1-2H3. The lowest BCUT2D eigenvalue weighted by Gasteiger charge is -2.13. The van der Waals surface area contributed by atoms with Crippen LogP contribution < -0.4 is 5.73 Å². The number of aromatic nitrogens is 4. The molecule has 0 amide bonds. The minimum absolute atomic E-state index is 0.283. The number of hydrogen-bond acceptors (Lipinski definition) is 5. The predicted molar refractivity (Wildman–Crippen MR) is 72.6 cm³/mol. The van der Waals surface area contributed by atoms with Crippen LogP contribution in [0.15, 0.2) is 23.8 Å². The smallest absolute Gasteiger partial charge is 0.254 e. The molecule has 0 aliphatic rings. The predicted octanol–water partition coefficient (Wildman–Crippen LogP) is 2.56. The van der Waals surface area contributed by atoms with E-state index >= 15 is 0 Å². The molecule has 92 valence electrons. The average molecular weight is 259 g/mol. The molecule has 0 fully saturated rings. The van der Waals surface area contributed by atoms with E-state index in [1.807, 2.05) is 17.5 Å². The first-order valence-electron chi connectivity index (χ1n) is 5.71. The highest BCUT2D eigenvalue weighted by Gasteiger charge is 2.18. The lowest BCUT2D eigenvalue weighted by Crippen LogP contribution is -2.08. The zero-order valence-corrected chi connectivity index (χ0v) is 11.0. The van der Waals surface area contributed by atoms with Crippen molar-refractivity contribution in [3.8, 4) is 10.4 Å². The zero-order valence-electron chi connectivity index (χ0n) is 10.2. The van der Waals surface area contributed by atoms with Gasteiger partial charge in [0.25, 0.3) is 5.78 Å². The minimum atomic E-state index is 0.283. The van der Waals surface area contributed by atoms with Gasteiger partial charge >= 0.3 is 0 Å². The molecule has 5 nitrogen and oxygen atoms in total. The third kappa shape index (κ3) is 1.57. The van der Waals surface area contributed by atoms with E-state index in [2.05, 4.69) is 28.9 Å². The molecule has 0 saturated heterocycles. The summed E-state index contributed by atoms with van der Waals surface area (Å²) in [5, 5.41) is 6.14. The largest absolute Gasteiger partial charge is 0.383 e. The Morgan fingerprint density at radius 3 is 2.89 bits per heavy atom. The summed E-state index contributed by atoms with van der Waals surface area (Å²) in [6.45, 7) is 4.21. The fourth-order valence-electron chi connectivity index (χ4n) is 1.97. The van der Waals surface area contributed by atoms with Crippen molar-refractivity contribution in [2.45, 2.75) is 19.8 Å². The second-order valence-electron chi connectivity index (χ2n) is 4.36. The highest BCUT2D eigenvalue weighted by Crippen LogP contribution is 2.35. The van der Waals surface area contributed by atoms with E-state index in [1.54, 1.807) is 15.9 Å². The fourth-order valence-corrected chi connectivity index (χ4v) is 2.76. The van der Waals surface area contributed by atoms with Gasteiger partial charge in [-0.25, -0.2) is 4.98 Å². The quantitative estimate of drug-likeness (QED) is 0.768.